The van der Waals surface area contributed by atoms with Crippen LogP contribution < -0.4 is 4.90 Å². The van der Waals surface area contributed by atoms with Gasteiger partial charge in [-0.1, -0.05) is 48.0 Å². The van der Waals surface area contributed by atoms with Crippen LogP contribution in [0.5, 0.6) is 0 Å². The molecule has 1 aliphatic carbocycles. The van der Waals surface area contributed by atoms with Crippen LogP contribution in [0.25, 0.3) is 0 Å². The van der Waals surface area contributed by atoms with Crippen LogP contribution in [0.4, 0.5) is 5.69 Å². The number of para-hydroxylation sites is 1. The van der Waals surface area contributed by atoms with Crippen LogP contribution in [0.2, 0.25) is 0 Å². The van der Waals surface area contributed by atoms with Gasteiger partial charge in [-0.15, -0.1) is 11.8 Å². The Hall–Kier alpha value is -2.41. The molecule has 2 aromatic carbocycles. The van der Waals surface area contributed by atoms with Crippen molar-refractivity contribution in [3.05, 3.63) is 72.3 Å². The van der Waals surface area contributed by atoms with Crippen LogP contribution in [0.3, 0.4) is 0 Å². The molecule has 5 nitrogen and oxygen atoms in total. The van der Waals surface area contributed by atoms with E-state index in [1.807, 2.05) is 48.5 Å². The standard InChI is InChI=1S/C25H26N2O3S/c1-17-16-20(26-12-14-30-15-13-26)21-22(23(17)31-19-10-6-3-7-11-19)25(29)27(24(21)28)18-8-4-2-5-9-18/h2-11,16,20-23H,12-15H2,1H3/t20-,21-,22-,23+/m1/s1. The molecule has 0 N–H and O–H groups in total. The molecule has 6 heteroatoms. The van der Waals surface area contributed by atoms with E-state index in [-0.39, 0.29) is 34.9 Å². The van der Waals surface area contributed by atoms with Gasteiger partial charge in [0.1, 0.15) is 0 Å². The largest absolute Gasteiger partial charge is 0.379 e. The summed E-state index contributed by atoms with van der Waals surface area (Å²) < 4.78 is 5.54. The first-order valence-corrected chi connectivity index (χ1v) is 11.7. The highest BCUT2D eigenvalue weighted by Gasteiger charge is 2.57. The van der Waals surface area contributed by atoms with Crippen molar-refractivity contribution >= 4 is 29.3 Å². The first kappa shape index (κ1) is 20.5. The second-order valence-corrected chi connectivity index (χ2v) is 9.52. The van der Waals surface area contributed by atoms with Gasteiger partial charge in [0.2, 0.25) is 11.8 Å². The van der Waals surface area contributed by atoms with Crippen molar-refractivity contribution in [1.29, 1.82) is 0 Å². The van der Waals surface area contributed by atoms with Crippen LogP contribution in [0.15, 0.2) is 77.2 Å². The van der Waals surface area contributed by atoms with Gasteiger partial charge in [0.15, 0.2) is 0 Å². The Morgan fingerprint density at radius 3 is 2.16 bits per heavy atom. The van der Waals surface area contributed by atoms with E-state index in [9.17, 15) is 9.59 Å². The molecule has 0 unspecified atom stereocenters. The van der Waals surface area contributed by atoms with Gasteiger partial charge in [-0.25, -0.2) is 4.90 Å². The zero-order valence-electron chi connectivity index (χ0n) is 17.5. The number of anilines is 1. The average molecular weight is 435 g/mol. The fraction of sp³-hybridized carbons (Fsp3) is 0.360. The molecule has 2 heterocycles. The van der Waals surface area contributed by atoms with Crippen molar-refractivity contribution in [2.45, 2.75) is 23.1 Å². The Labute approximate surface area is 187 Å². The maximum absolute atomic E-state index is 13.7. The predicted molar refractivity (Wildman–Crippen MR) is 122 cm³/mol. The summed E-state index contributed by atoms with van der Waals surface area (Å²) in [5, 5.41) is -0.0603. The van der Waals surface area contributed by atoms with Crippen LogP contribution in [0.1, 0.15) is 6.92 Å². The maximum Gasteiger partial charge on any atom is 0.239 e. The van der Waals surface area contributed by atoms with Gasteiger partial charge in [-0.05, 0) is 31.2 Å². The molecule has 3 aliphatic rings. The molecule has 4 atom stereocenters. The predicted octanol–water partition coefficient (Wildman–Crippen LogP) is 3.61. The number of benzene rings is 2. The Morgan fingerprint density at radius 1 is 0.871 bits per heavy atom. The minimum Gasteiger partial charge on any atom is -0.379 e. The number of hydrogen-bond donors (Lipinski definition) is 0. The highest BCUT2D eigenvalue weighted by atomic mass is 32.2. The molecule has 0 bridgehead atoms. The van der Waals surface area contributed by atoms with Crippen LogP contribution in [-0.2, 0) is 14.3 Å². The van der Waals surface area contributed by atoms with Gasteiger partial charge in [0.25, 0.3) is 0 Å². The van der Waals surface area contributed by atoms with Crippen molar-refractivity contribution in [2.24, 2.45) is 11.8 Å². The molecule has 31 heavy (non-hydrogen) atoms. The van der Waals surface area contributed by atoms with Crippen molar-refractivity contribution in [3.8, 4) is 0 Å². The molecule has 0 saturated carbocycles. The summed E-state index contributed by atoms with van der Waals surface area (Å²) in [6, 6.07) is 19.4. The third-order valence-corrected chi connectivity index (χ3v) is 7.93. The van der Waals surface area contributed by atoms with Crippen LogP contribution in [-0.4, -0.2) is 54.3 Å². The smallest absolute Gasteiger partial charge is 0.239 e. The van der Waals surface area contributed by atoms with E-state index in [1.54, 1.807) is 11.8 Å². The van der Waals surface area contributed by atoms with E-state index in [0.29, 0.717) is 18.9 Å². The fourth-order valence-electron chi connectivity index (χ4n) is 4.99. The van der Waals surface area contributed by atoms with E-state index < -0.39 is 0 Å². The fourth-order valence-corrected chi connectivity index (χ4v) is 6.30. The third-order valence-electron chi connectivity index (χ3n) is 6.46. The molecule has 2 amide bonds. The third kappa shape index (κ3) is 3.73. The lowest BCUT2D eigenvalue weighted by atomic mass is 9.77. The van der Waals surface area contributed by atoms with Crippen LogP contribution in [0, 0.1) is 11.8 Å². The normalized spacial score (nSPS) is 29.1. The van der Waals surface area contributed by atoms with Gasteiger partial charge in [-0.3, -0.25) is 14.5 Å². The minimum absolute atomic E-state index is 0.0603. The molecule has 0 radical (unpaired) electrons. The van der Waals surface area contributed by atoms with Crippen molar-refractivity contribution < 1.29 is 14.3 Å². The molecule has 2 aromatic rings. The van der Waals surface area contributed by atoms with E-state index >= 15 is 0 Å². The maximum atomic E-state index is 13.7. The Balaban J connectivity index is 1.55. The van der Waals surface area contributed by atoms with Gasteiger partial charge in [0, 0.05) is 29.3 Å². The van der Waals surface area contributed by atoms with Crippen molar-refractivity contribution in [3.63, 3.8) is 0 Å². The summed E-state index contributed by atoms with van der Waals surface area (Å²) in [5.41, 5.74) is 1.83. The Bertz CT molecular complexity index is 988. The number of morpholine rings is 1. The van der Waals surface area contributed by atoms with Gasteiger partial charge in [0.05, 0.1) is 30.7 Å². The van der Waals surface area contributed by atoms with Crippen LogP contribution >= 0.6 is 11.8 Å². The summed E-state index contributed by atoms with van der Waals surface area (Å²) in [6.45, 7) is 4.98. The molecule has 0 spiro atoms. The summed E-state index contributed by atoms with van der Waals surface area (Å²) in [5.74, 6) is -0.924. The second-order valence-electron chi connectivity index (χ2n) is 8.30. The number of nitrogens with zero attached hydrogens (tertiary/aromatic N) is 2. The number of rotatable bonds is 4. The lowest BCUT2D eigenvalue weighted by Gasteiger charge is -2.41. The number of hydrogen-bond acceptors (Lipinski definition) is 5. The minimum atomic E-state index is -0.379. The lowest BCUT2D eigenvalue weighted by molar-refractivity contribution is -0.123. The SMILES string of the molecule is CC1=C[C@@H](N2CCOCC2)[C@H]2C(=O)N(c3ccccc3)C(=O)[C@H]2[C@H]1Sc1ccccc1. The average Bonchev–Trinajstić information content (AvgIpc) is 3.07. The molecule has 2 saturated heterocycles. The molecular formula is C25H26N2O3S. The van der Waals surface area contributed by atoms with Crippen molar-refractivity contribution in [2.75, 3.05) is 31.2 Å². The summed E-state index contributed by atoms with van der Waals surface area (Å²) in [4.78, 5) is 32.3. The molecular weight excluding hydrogens is 408 g/mol. The summed E-state index contributed by atoms with van der Waals surface area (Å²) in [7, 11) is 0. The Kier molecular flexibility index (Phi) is 5.69. The molecule has 0 aromatic heterocycles. The van der Waals surface area contributed by atoms with Crippen molar-refractivity contribution in [1.82, 2.24) is 4.90 Å². The molecule has 2 fully saturated rings. The number of ether oxygens (including phenoxy) is 1. The zero-order valence-corrected chi connectivity index (χ0v) is 18.3. The number of carbonyl (C=O) groups is 2. The summed E-state index contributed by atoms with van der Waals surface area (Å²) in [6.07, 6.45) is 2.23. The Morgan fingerprint density at radius 2 is 1.48 bits per heavy atom. The van der Waals surface area contributed by atoms with Gasteiger partial charge in [-0.2, -0.15) is 0 Å². The number of imide groups is 1. The molecule has 160 valence electrons. The summed E-state index contributed by atoms with van der Waals surface area (Å²) >= 11 is 1.69. The monoisotopic (exact) mass is 434 g/mol. The van der Waals surface area contributed by atoms with Gasteiger partial charge < -0.3 is 4.74 Å². The molecule has 2 aliphatic heterocycles. The topological polar surface area (TPSA) is 49.9 Å². The highest BCUT2D eigenvalue weighted by Crippen LogP contribution is 2.47. The second kappa shape index (κ2) is 8.61. The van der Waals surface area contributed by atoms with E-state index in [2.05, 4.69) is 30.0 Å². The van der Waals surface area contributed by atoms with E-state index in [4.69, 9.17) is 4.74 Å². The number of carbonyl (C=O) groups excluding carboxylic acids is 2. The number of fused-ring (bicyclic) bond motifs is 1. The first-order chi connectivity index (χ1) is 15.1. The zero-order chi connectivity index (χ0) is 21.4. The van der Waals surface area contributed by atoms with Gasteiger partial charge >= 0.3 is 0 Å². The number of amides is 2. The quantitative estimate of drug-likeness (QED) is 0.544. The molecule has 5 rings (SSSR count). The van der Waals surface area contributed by atoms with E-state index in [0.717, 1.165) is 18.0 Å². The van der Waals surface area contributed by atoms with E-state index in [1.165, 1.54) is 10.5 Å². The number of thioether (sulfide) groups is 1. The highest BCUT2D eigenvalue weighted by molar-refractivity contribution is 8.00. The first-order valence-electron chi connectivity index (χ1n) is 10.8. The lowest BCUT2D eigenvalue weighted by Crippen LogP contribution is -2.52.